The molecule has 0 fully saturated rings. The summed E-state index contributed by atoms with van der Waals surface area (Å²) < 4.78 is 13.7. The van der Waals surface area contributed by atoms with Crippen LogP contribution in [0.3, 0.4) is 0 Å². The molecule has 5 nitrogen and oxygen atoms in total. The summed E-state index contributed by atoms with van der Waals surface area (Å²) in [7, 11) is -1.72. The monoisotopic (exact) mass is 330 g/mol. The summed E-state index contributed by atoms with van der Waals surface area (Å²) in [5.74, 6) is 0. The zero-order valence-electron chi connectivity index (χ0n) is 13.8. The Morgan fingerprint density at radius 2 is 1.95 bits per heavy atom. The predicted octanol–water partition coefficient (Wildman–Crippen LogP) is 3.21. The molecule has 0 aliphatic heterocycles. The van der Waals surface area contributed by atoms with Crippen LogP contribution >= 0.6 is 12.2 Å². The Hall–Kier alpha value is -0.763. The van der Waals surface area contributed by atoms with E-state index in [1.807, 2.05) is 0 Å². The minimum atomic E-state index is -1.72. The summed E-state index contributed by atoms with van der Waals surface area (Å²) in [6, 6.07) is 0. The van der Waals surface area contributed by atoms with Crippen LogP contribution in [0.15, 0.2) is 11.0 Å². The molecule has 0 bridgehead atoms. The van der Waals surface area contributed by atoms with Crippen LogP contribution in [-0.2, 0) is 15.9 Å². The number of nitrogens with one attached hydrogen (secondary N) is 1. The molecule has 1 heterocycles. The summed E-state index contributed by atoms with van der Waals surface area (Å²) in [6.45, 7) is 14.2. The van der Waals surface area contributed by atoms with Crippen LogP contribution in [0.25, 0.3) is 0 Å². The number of hydrogen-bond acceptors (Lipinski definition) is 4. The minimum absolute atomic E-state index is 0.155. The molecule has 0 unspecified atom stereocenters. The van der Waals surface area contributed by atoms with Gasteiger partial charge in [-0.15, -0.1) is 0 Å². The number of aromatic amines is 1. The Balaban J connectivity index is 2.44. The third kappa shape index (κ3) is 5.17. The van der Waals surface area contributed by atoms with Gasteiger partial charge in [-0.25, -0.2) is 0 Å². The lowest BCUT2D eigenvalue weighted by Crippen LogP contribution is -2.41. The first-order valence-electron chi connectivity index (χ1n) is 7.07. The number of rotatable bonds is 6. The molecular formula is C14H26N2O3SSi. The van der Waals surface area contributed by atoms with Gasteiger partial charge >= 0.3 is 0 Å². The zero-order chi connectivity index (χ0) is 16.3. The summed E-state index contributed by atoms with van der Waals surface area (Å²) >= 11 is 5.09. The van der Waals surface area contributed by atoms with E-state index in [1.54, 1.807) is 17.7 Å². The predicted molar refractivity (Wildman–Crippen MR) is 89.7 cm³/mol. The average molecular weight is 331 g/mol. The van der Waals surface area contributed by atoms with Gasteiger partial charge in [0.25, 0.3) is 5.56 Å². The van der Waals surface area contributed by atoms with Crippen molar-refractivity contribution < 1.29 is 9.16 Å². The molecule has 0 saturated carbocycles. The Morgan fingerprint density at radius 3 is 2.52 bits per heavy atom. The van der Waals surface area contributed by atoms with E-state index in [9.17, 15) is 4.79 Å². The topological polar surface area (TPSA) is 56.2 Å². The van der Waals surface area contributed by atoms with Crippen LogP contribution in [-0.4, -0.2) is 31.1 Å². The van der Waals surface area contributed by atoms with Crippen LogP contribution in [0.4, 0.5) is 0 Å². The molecular weight excluding hydrogens is 304 g/mol. The van der Waals surface area contributed by atoms with Crippen molar-refractivity contribution in [1.82, 2.24) is 9.55 Å². The van der Waals surface area contributed by atoms with Crippen molar-refractivity contribution in [1.29, 1.82) is 0 Å². The van der Waals surface area contributed by atoms with Crippen LogP contribution < -0.4 is 5.56 Å². The van der Waals surface area contributed by atoms with Gasteiger partial charge in [0.15, 0.2) is 13.1 Å². The highest BCUT2D eigenvalue weighted by Crippen LogP contribution is 2.36. The highest BCUT2D eigenvalue weighted by atomic mass is 32.1. The lowest BCUT2D eigenvalue weighted by atomic mass is 10.2. The maximum absolute atomic E-state index is 11.4. The summed E-state index contributed by atoms with van der Waals surface area (Å²) in [5.41, 5.74) is 0.460. The molecule has 0 aliphatic rings. The smallest absolute Gasteiger partial charge is 0.254 e. The fourth-order valence-corrected chi connectivity index (χ4v) is 2.67. The fraction of sp³-hybridized carbons (Fsp3) is 0.714. The first kappa shape index (κ1) is 18.3. The van der Waals surface area contributed by atoms with Crippen molar-refractivity contribution in [3.63, 3.8) is 0 Å². The van der Waals surface area contributed by atoms with Gasteiger partial charge in [-0.1, -0.05) is 20.8 Å². The average Bonchev–Trinajstić information content (AvgIpc) is 2.33. The van der Waals surface area contributed by atoms with E-state index in [0.29, 0.717) is 30.3 Å². The highest BCUT2D eigenvalue weighted by Gasteiger charge is 2.36. The quantitative estimate of drug-likeness (QED) is 0.494. The maximum Gasteiger partial charge on any atom is 0.254 e. The first-order valence-corrected chi connectivity index (χ1v) is 10.4. The van der Waals surface area contributed by atoms with Crippen molar-refractivity contribution >= 4 is 20.5 Å². The number of H-pyrrole nitrogens is 1. The van der Waals surface area contributed by atoms with Gasteiger partial charge in [0.1, 0.15) is 6.73 Å². The Labute approximate surface area is 132 Å². The molecule has 0 spiro atoms. The van der Waals surface area contributed by atoms with Gasteiger partial charge in [-0.2, -0.15) is 0 Å². The largest absolute Gasteiger partial charge is 0.414 e. The zero-order valence-corrected chi connectivity index (χ0v) is 15.6. The molecule has 0 aromatic carbocycles. The molecule has 0 saturated heterocycles. The van der Waals surface area contributed by atoms with E-state index in [-0.39, 0.29) is 10.6 Å². The standard InChI is InChI=1S/C14H26N2O3SSi/c1-11-9-16(13(20)15-12(11)17)10-18-7-8-19-21(5,6)14(2,3)4/h9H,7-8,10H2,1-6H3,(H,15,17,20). The molecule has 0 amide bonds. The van der Waals surface area contributed by atoms with Crippen molar-refractivity contribution in [3.05, 3.63) is 26.9 Å². The number of nitrogens with zero attached hydrogens (tertiary/aromatic N) is 1. The molecule has 0 atom stereocenters. The van der Waals surface area contributed by atoms with Crippen LogP contribution in [0.5, 0.6) is 0 Å². The molecule has 120 valence electrons. The normalized spacial score (nSPS) is 12.7. The van der Waals surface area contributed by atoms with Crippen molar-refractivity contribution in [2.45, 2.75) is 52.6 Å². The van der Waals surface area contributed by atoms with E-state index >= 15 is 0 Å². The van der Waals surface area contributed by atoms with E-state index < -0.39 is 8.32 Å². The Kier molecular flexibility index (Phi) is 6.09. The number of aryl methyl sites for hydroxylation is 1. The lowest BCUT2D eigenvalue weighted by molar-refractivity contribution is 0.0491. The van der Waals surface area contributed by atoms with Gasteiger partial charge in [-0.3, -0.25) is 9.78 Å². The lowest BCUT2D eigenvalue weighted by Gasteiger charge is -2.36. The van der Waals surface area contributed by atoms with Gasteiger partial charge in [0.05, 0.1) is 13.2 Å². The summed E-state index contributed by atoms with van der Waals surface area (Å²) in [5, 5.41) is 0.200. The second-order valence-corrected chi connectivity index (χ2v) is 11.9. The third-order valence-corrected chi connectivity index (χ3v) is 8.79. The second-order valence-electron chi connectivity index (χ2n) is 6.69. The SMILES string of the molecule is Cc1cn(COCCO[Si](C)(C)C(C)(C)C)c(=S)[nH]c1=O. The summed E-state index contributed by atoms with van der Waals surface area (Å²) in [4.78, 5) is 14.0. The maximum atomic E-state index is 11.4. The molecule has 0 radical (unpaired) electrons. The van der Waals surface area contributed by atoms with E-state index in [2.05, 4.69) is 38.8 Å². The molecule has 7 heteroatoms. The number of hydrogen-bond donors (Lipinski definition) is 1. The van der Waals surface area contributed by atoms with E-state index in [1.165, 1.54) is 0 Å². The van der Waals surface area contributed by atoms with Crippen molar-refractivity contribution in [2.75, 3.05) is 13.2 Å². The van der Waals surface area contributed by atoms with Crippen LogP contribution in [0, 0.1) is 11.7 Å². The second kappa shape index (κ2) is 7.00. The van der Waals surface area contributed by atoms with E-state index in [4.69, 9.17) is 21.4 Å². The minimum Gasteiger partial charge on any atom is -0.414 e. The fourth-order valence-electron chi connectivity index (χ4n) is 1.45. The number of aromatic nitrogens is 2. The van der Waals surface area contributed by atoms with Crippen LogP contribution in [0.1, 0.15) is 26.3 Å². The van der Waals surface area contributed by atoms with Gasteiger partial charge in [0, 0.05) is 11.8 Å². The Bertz CT molecular complexity index is 587. The molecule has 1 aromatic heterocycles. The van der Waals surface area contributed by atoms with Gasteiger partial charge < -0.3 is 13.7 Å². The van der Waals surface area contributed by atoms with Crippen molar-refractivity contribution in [2.24, 2.45) is 0 Å². The molecule has 1 N–H and O–H groups in total. The molecule has 21 heavy (non-hydrogen) atoms. The molecule has 1 aromatic rings. The third-order valence-electron chi connectivity index (χ3n) is 3.92. The van der Waals surface area contributed by atoms with Crippen LogP contribution in [0.2, 0.25) is 18.1 Å². The van der Waals surface area contributed by atoms with Crippen molar-refractivity contribution in [3.8, 4) is 0 Å². The first-order chi connectivity index (χ1) is 9.54. The molecule has 1 rings (SSSR count). The molecule has 0 aliphatic carbocycles. The highest BCUT2D eigenvalue weighted by molar-refractivity contribution is 7.71. The van der Waals surface area contributed by atoms with Gasteiger partial charge in [-0.05, 0) is 37.3 Å². The summed E-state index contributed by atoms with van der Waals surface area (Å²) in [6.07, 6.45) is 1.70. The number of ether oxygens (including phenoxy) is 1. The van der Waals surface area contributed by atoms with E-state index in [0.717, 1.165) is 0 Å². The van der Waals surface area contributed by atoms with Gasteiger partial charge in [0.2, 0.25) is 0 Å². The Morgan fingerprint density at radius 1 is 1.33 bits per heavy atom.